The van der Waals surface area contributed by atoms with Gasteiger partial charge in [0.05, 0.1) is 12.2 Å². The number of fused-ring (bicyclic) bond motifs is 1. The molecule has 1 aromatic heterocycles. The number of hydrogen-bond donors (Lipinski definition) is 4. The molecule has 40 heavy (non-hydrogen) atoms. The first-order valence-electron chi connectivity index (χ1n) is 13.7. The summed E-state index contributed by atoms with van der Waals surface area (Å²) in [6.45, 7) is 4.28. The van der Waals surface area contributed by atoms with Crippen molar-refractivity contribution >= 4 is 29.4 Å². The highest BCUT2D eigenvalue weighted by Gasteiger charge is 2.34. The summed E-state index contributed by atoms with van der Waals surface area (Å²) in [5, 5.41) is 12.4. The molecule has 4 N–H and O–H groups in total. The van der Waals surface area contributed by atoms with Crippen LogP contribution in [0.3, 0.4) is 0 Å². The van der Waals surface area contributed by atoms with E-state index in [9.17, 15) is 18.4 Å². The number of nitrogens with zero attached hydrogens (tertiary/aromatic N) is 3. The van der Waals surface area contributed by atoms with Crippen molar-refractivity contribution in [3.8, 4) is 11.3 Å². The molecule has 3 aliphatic rings. The number of nitrogens with one attached hydrogen (secondary N) is 4. The highest BCUT2D eigenvalue weighted by atomic mass is 19.1. The summed E-state index contributed by atoms with van der Waals surface area (Å²) in [7, 11) is 0. The van der Waals surface area contributed by atoms with E-state index in [1.165, 1.54) is 6.07 Å². The Hall–Kier alpha value is -4.12. The van der Waals surface area contributed by atoms with Gasteiger partial charge in [-0.05, 0) is 81.4 Å². The monoisotopic (exact) mass is 547 g/mol. The van der Waals surface area contributed by atoms with Gasteiger partial charge in [0.15, 0.2) is 5.82 Å². The molecule has 11 heteroatoms. The third-order valence-electron chi connectivity index (χ3n) is 7.65. The molecule has 2 fully saturated rings. The molecule has 1 saturated heterocycles. The zero-order valence-electron chi connectivity index (χ0n) is 22.2. The Morgan fingerprint density at radius 1 is 1.07 bits per heavy atom. The number of urea groups is 1. The molecule has 1 saturated carbocycles. The fraction of sp³-hybridized carbons (Fsp3) is 0.379. The van der Waals surface area contributed by atoms with Crippen LogP contribution in [0.15, 0.2) is 36.4 Å². The van der Waals surface area contributed by atoms with Crippen molar-refractivity contribution < 1.29 is 18.4 Å². The SMILES string of the molecule is Cc1ccc(C(=O)NCC2CC2)cc1-c1nc(NC2CCNCC2)nc2c1CNC(=O)N2c1c(F)cccc1F. The van der Waals surface area contributed by atoms with E-state index in [4.69, 9.17) is 4.98 Å². The Kier molecular flexibility index (Phi) is 7.05. The van der Waals surface area contributed by atoms with Crippen LogP contribution < -0.4 is 26.2 Å². The van der Waals surface area contributed by atoms with Gasteiger partial charge in [0.1, 0.15) is 17.3 Å². The predicted molar refractivity (Wildman–Crippen MR) is 148 cm³/mol. The first-order valence-corrected chi connectivity index (χ1v) is 13.7. The summed E-state index contributed by atoms with van der Waals surface area (Å²) < 4.78 is 29.9. The molecule has 2 aromatic carbocycles. The maximum absolute atomic E-state index is 15.0. The normalized spacial score (nSPS) is 17.3. The van der Waals surface area contributed by atoms with Crippen LogP contribution in [0.4, 0.5) is 31.0 Å². The van der Waals surface area contributed by atoms with Crippen molar-refractivity contribution in [2.45, 2.75) is 45.2 Å². The van der Waals surface area contributed by atoms with Crippen LogP contribution in [0, 0.1) is 24.5 Å². The zero-order valence-corrected chi connectivity index (χ0v) is 22.2. The number of rotatable bonds is 7. The first-order chi connectivity index (χ1) is 19.4. The number of benzene rings is 2. The van der Waals surface area contributed by atoms with Crippen LogP contribution in [-0.2, 0) is 6.54 Å². The second-order valence-corrected chi connectivity index (χ2v) is 10.6. The molecule has 6 rings (SSSR count). The number of hydrogen-bond acceptors (Lipinski definition) is 6. The molecule has 2 aliphatic heterocycles. The van der Waals surface area contributed by atoms with Crippen LogP contribution in [0.5, 0.6) is 0 Å². The largest absolute Gasteiger partial charge is 0.352 e. The van der Waals surface area contributed by atoms with Crippen molar-refractivity contribution in [1.29, 1.82) is 0 Å². The van der Waals surface area contributed by atoms with E-state index >= 15 is 0 Å². The lowest BCUT2D eigenvalue weighted by molar-refractivity contribution is 0.0952. The van der Waals surface area contributed by atoms with E-state index in [0.29, 0.717) is 34.8 Å². The molecule has 0 bridgehead atoms. The number of anilines is 3. The highest BCUT2D eigenvalue weighted by molar-refractivity contribution is 6.02. The fourth-order valence-electron chi connectivity index (χ4n) is 5.18. The van der Waals surface area contributed by atoms with Crippen LogP contribution in [0.25, 0.3) is 11.3 Å². The zero-order chi connectivity index (χ0) is 27.8. The summed E-state index contributed by atoms with van der Waals surface area (Å²) in [4.78, 5) is 36.5. The third kappa shape index (κ3) is 5.21. The van der Waals surface area contributed by atoms with Crippen LogP contribution in [0.2, 0.25) is 0 Å². The Morgan fingerprint density at radius 3 is 2.55 bits per heavy atom. The Morgan fingerprint density at radius 2 is 1.82 bits per heavy atom. The predicted octanol–water partition coefficient (Wildman–Crippen LogP) is 4.40. The molecule has 3 amide bonds. The Balaban J connectivity index is 1.48. The average molecular weight is 548 g/mol. The summed E-state index contributed by atoms with van der Waals surface area (Å²) in [6, 6.07) is 8.24. The number of halogens is 2. The number of aryl methyl sites for hydroxylation is 1. The second-order valence-electron chi connectivity index (χ2n) is 10.6. The molecule has 9 nitrogen and oxygen atoms in total. The summed E-state index contributed by atoms with van der Waals surface area (Å²) in [5.41, 5.74) is 2.49. The average Bonchev–Trinajstić information content (AvgIpc) is 3.78. The number of piperidine rings is 1. The van der Waals surface area contributed by atoms with Gasteiger partial charge in [-0.15, -0.1) is 0 Å². The number of carbonyl (C=O) groups excluding carboxylic acids is 2. The molecule has 0 atom stereocenters. The molecular weight excluding hydrogens is 516 g/mol. The number of para-hydroxylation sites is 1. The first kappa shape index (κ1) is 26.1. The minimum atomic E-state index is -0.887. The quantitative estimate of drug-likeness (QED) is 0.349. The minimum absolute atomic E-state index is 0.0568. The molecule has 0 radical (unpaired) electrons. The molecule has 3 aromatic rings. The number of amides is 3. The van der Waals surface area contributed by atoms with E-state index in [0.717, 1.165) is 61.4 Å². The highest BCUT2D eigenvalue weighted by Crippen LogP contribution is 2.39. The maximum Gasteiger partial charge on any atom is 0.328 e. The van der Waals surface area contributed by atoms with Gasteiger partial charge in [-0.3, -0.25) is 4.79 Å². The lowest BCUT2D eigenvalue weighted by Crippen LogP contribution is -2.43. The van der Waals surface area contributed by atoms with Gasteiger partial charge in [-0.2, -0.15) is 4.98 Å². The number of aromatic nitrogens is 2. The lowest BCUT2D eigenvalue weighted by atomic mass is 9.97. The van der Waals surface area contributed by atoms with Crippen LogP contribution in [-0.4, -0.2) is 47.6 Å². The minimum Gasteiger partial charge on any atom is -0.352 e. The van der Waals surface area contributed by atoms with Gasteiger partial charge in [0, 0.05) is 29.3 Å². The van der Waals surface area contributed by atoms with E-state index in [1.54, 1.807) is 12.1 Å². The van der Waals surface area contributed by atoms with Crippen molar-refractivity contribution in [3.05, 3.63) is 64.7 Å². The van der Waals surface area contributed by atoms with E-state index in [1.807, 2.05) is 13.0 Å². The van der Waals surface area contributed by atoms with E-state index in [-0.39, 0.29) is 30.3 Å². The van der Waals surface area contributed by atoms with Crippen LogP contribution >= 0.6 is 0 Å². The van der Waals surface area contributed by atoms with E-state index in [2.05, 4.69) is 26.3 Å². The van der Waals surface area contributed by atoms with Gasteiger partial charge in [0.25, 0.3) is 5.91 Å². The van der Waals surface area contributed by atoms with Crippen molar-refractivity contribution in [2.24, 2.45) is 5.92 Å². The molecular formula is C29H31F2N7O2. The third-order valence-corrected chi connectivity index (χ3v) is 7.65. The second kappa shape index (κ2) is 10.8. The standard InChI is InChI=1S/C29H31F2N7O2/c1-16-5-8-18(27(39)33-14-17-6-7-17)13-20(16)24-21-15-34-29(40)38(25-22(30)3-2-4-23(25)31)26(21)37-28(36-24)35-19-9-11-32-12-10-19/h2-5,8,13,17,19,32H,6-7,9-12,14-15H2,1H3,(H,33,39)(H,34,40)(H,35,36,37). The van der Waals surface area contributed by atoms with Crippen molar-refractivity contribution in [1.82, 2.24) is 25.9 Å². The molecule has 1 aliphatic carbocycles. The Labute approximate surface area is 230 Å². The van der Waals surface area contributed by atoms with E-state index < -0.39 is 23.4 Å². The van der Waals surface area contributed by atoms with Gasteiger partial charge < -0.3 is 21.3 Å². The molecule has 0 spiro atoms. The van der Waals surface area contributed by atoms with Crippen molar-refractivity contribution in [3.63, 3.8) is 0 Å². The van der Waals surface area contributed by atoms with Crippen LogP contribution in [0.1, 0.15) is 47.2 Å². The van der Waals surface area contributed by atoms with Gasteiger partial charge in [-0.1, -0.05) is 12.1 Å². The fourth-order valence-corrected chi connectivity index (χ4v) is 5.18. The summed E-state index contributed by atoms with van der Waals surface area (Å²) >= 11 is 0. The Bertz CT molecular complexity index is 1450. The lowest BCUT2D eigenvalue weighted by Gasteiger charge is -2.31. The topological polar surface area (TPSA) is 111 Å². The number of carbonyl (C=O) groups is 2. The smallest absolute Gasteiger partial charge is 0.328 e. The van der Waals surface area contributed by atoms with Gasteiger partial charge >= 0.3 is 6.03 Å². The molecule has 0 unspecified atom stereocenters. The summed E-state index contributed by atoms with van der Waals surface area (Å²) in [5.74, 6) is -1.06. The molecule has 208 valence electrons. The molecule has 3 heterocycles. The van der Waals surface area contributed by atoms with Crippen molar-refractivity contribution in [2.75, 3.05) is 29.9 Å². The summed E-state index contributed by atoms with van der Waals surface area (Å²) in [6.07, 6.45) is 3.95. The maximum atomic E-state index is 15.0. The van der Waals surface area contributed by atoms with Gasteiger partial charge in [-0.25, -0.2) is 23.5 Å². The van der Waals surface area contributed by atoms with Gasteiger partial charge in [0.2, 0.25) is 5.95 Å².